The molecule has 0 radical (unpaired) electrons. The van der Waals surface area contributed by atoms with Gasteiger partial charge in [0.15, 0.2) is 11.5 Å². The Labute approximate surface area is 149 Å². The number of sulfonamides is 1. The van der Waals surface area contributed by atoms with E-state index in [0.717, 1.165) is 5.56 Å². The van der Waals surface area contributed by atoms with Crippen molar-refractivity contribution < 1.29 is 22.5 Å². The predicted octanol–water partition coefficient (Wildman–Crippen LogP) is 1.97. The van der Waals surface area contributed by atoms with Crippen molar-refractivity contribution in [3.8, 4) is 17.1 Å². The standard InChI is InChI=1S/C17H15N3O5S/c1-24-13-7-9-14(10-8-13)26(22,23)20-18-17(21)15-11-16(25-19-15)12-5-3-2-4-6-12/h2-11,20H,1H3,(H,18,21). The van der Waals surface area contributed by atoms with E-state index in [4.69, 9.17) is 9.26 Å². The van der Waals surface area contributed by atoms with Gasteiger partial charge in [0.25, 0.3) is 15.9 Å². The molecule has 134 valence electrons. The van der Waals surface area contributed by atoms with E-state index in [1.807, 2.05) is 23.0 Å². The van der Waals surface area contributed by atoms with Crippen LogP contribution in [0.25, 0.3) is 11.3 Å². The van der Waals surface area contributed by atoms with Crippen LogP contribution in [0.4, 0.5) is 0 Å². The van der Waals surface area contributed by atoms with Crippen molar-refractivity contribution in [2.24, 2.45) is 0 Å². The third-order valence-electron chi connectivity index (χ3n) is 3.47. The summed E-state index contributed by atoms with van der Waals surface area (Å²) in [4.78, 5) is 14.1. The van der Waals surface area contributed by atoms with Gasteiger partial charge in [0, 0.05) is 11.6 Å². The molecule has 0 aliphatic heterocycles. The summed E-state index contributed by atoms with van der Waals surface area (Å²) < 4.78 is 34.5. The van der Waals surface area contributed by atoms with Gasteiger partial charge in [-0.3, -0.25) is 10.2 Å². The molecule has 1 aromatic heterocycles. The summed E-state index contributed by atoms with van der Waals surface area (Å²) in [6.07, 6.45) is 0. The van der Waals surface area contributed by atoms with Gasteiger partial charge in [-0.05, 0) is 24.3 Å². The molecular weight excluding hydrogens is 358 g/mol. The SMILES string of the molecule is COc1ccc(S(=O)(=O)NNC(=O)c2cc(-c3ccccc3)on2)cc1. The third kappa shape index (κ3) is 3.90. The van der Waals surface area contributed by atoms with Crippen LogP contribution in [0.3, 0.4) is 0 Å². The number of hydrogen-bond donors (Lipinski definition) is 2. The van der Waals surface area contributed by atoms with E-state index in [2.05, 4.69) is 10.6 Å². The van der Waals surface area contributed by atoms with Crippen LogP contribution in [-0.2, 0) is 10.0 Å². The molecule has 2 aromatic carbocycles. The van der Waals surface area contributed by atoms with Crippen molar-refractivity contribution in [2.45, 2.75) is 4.90 Å². The molecule has 9 heteroatoms. The van der Waals surface area contributed by atoms with Crippen LogP contribution in [0, 0.1) is 0 Å². The topological polar surface area (TPSA) is 111 Å². The smallest absolute Gasteiger partial charge is 0.288 e. The number of carbonyl (C=O) groups is 1. The molecule has 0 atom stereocenters. The molecule has 3 aromatic rings. The second-order valence-corrected chi connectivity index (χ2v) is 6.86. The number of ether oxygens (including phenoxy) is 1. The minimum atomic E-state index is -3.93. The number of rotatable bonds is 6. The lowest BCUT2D eigenvalue weighted by Crippen LogP contribution is -2.41. The zero-order chi connectivity index (χ0) is 18.6. The molecule has 1 heterocycles. The largest absolute Gasteiger partial charge is 0.497 e. The minimum Gasteiger partial charge on any atom is -0.497 e. The van der Waals surface area contributed by atoms with E-state index in [1.54, 1.807) is 12.1 Å². The Balaban J connectivity index is 1.67. The van der Waals surface area contributed by atoms with E-state index < -0.39 is 15.9 Å². The van der Waals surface area contributed by atoms with Gasteiger partial charge < -0.3 is 9.26 Å². The van der Waals surface area contributed by atoms with Crippen molar-refractivity contribution >= 4 is 15.9 Å². The molecule has 1 amide bonds. The second-order valence-electron chi connectivity index (χ2n) is 5.18. The van der Waals surface area contributed by atoms with Crippen LogP contribution >= 0.6 is 0 Å². The van der Waals surface area contributed by atoms with Crippen molar-refractivity contribution in [3.63, 3.8) is 0 Å². The van der Waals surface area contributed by atoms with Gasteiger partial charge in [-0.2, -0.15) is 0 Å². The summed E-state index contributed by atoms with van der Waals surface area (Å²) in [5.41, 5.74) is 2.79. The monoisotopic (exact) mass is 373 g/mol. The number of hydrazine groups is 1. The zero-order valence-electron chi connectivity index (χ0n) is 13.7. The Hall–Kier alpha value is -3.17. The van der Waals surface area contributed by atoms with Gasteiger partial charge in [-0.15, -0.1) is 4.83 Å². The van der Waals surface area contributed by atoms with Crippen molar-refractivity contribution in [1.82, 2.24) is 15.4 Å². The van der Waals surface area contributed by atoms with E-state index in [0.29, 0.717) is 11.5 Å². The van der Waals surface area contributed by atoms with Crippen LogP contribution in [0.1, 0.15) is 10.5 Å². The predicted molar refractivity (Wildman–Crippen MR) is 92.7 cm³/mol. The van der Waals surface area contributed by atoms with Crippen LogP contribution < -0.4 is 15.0 Å². The first-order valence-electron chi connectivity index (χ1n) is 7.48. The first-order chi connectivity index (χ1) is 12.5. The second kappa shape index (κ2) is 7.38. The molecule has 0 saturated carbocycles. The number of nitrogens with one attached hydrogen (secondary N) is 2. The summed E-state index contributed by atoms with van der Waals surface area (Å²) in [5.74, 6) is 0.172. The first-order valence-corrected chi connectivity index (χ1v) is 8.96. The first kappa shape index (κ1) is 17.6. The Bertz CT molecular complexity index is 998. The lowest BCUT2D eigenvalue weighted by molar-refractivity contribution is 0.0936. The molecule has 0 bridgehead atoms. The summed E-state index contributed by atoms with van der Waals surface area (Å²) in [7, 11) is -2.45. The summed E-state index contributed by atoms with van der Waals surface area (Å²) in [5, 5.41) is 3.65. The van der Waals surface area contributed by atoms with E-state index in [-0.39, 0.29) is 10.6 Å². The fourth-order valence-corrected chi connectivity index (χ4v) is 2.95. The zero-order valence-corrected chi connectivity index (χ0v) is 14.5. The summed E-state index contributed by atoms with van der Waals surface area (Å²) in [6, 6.07) is 16.2. The van der Waals surface area contributed by atoms with Gasteiger partial charge in [-0.1, -0.05) is 35.5 Å². The summed E-state index contributed by atoms with van der Waals surface area (Å²) in [6.45, 7) is 0. The third-order valence-corrected chi connectivity index (χ3v) is 4.73. The molecule has 0 fully saturated rings. The quantitative estimate of drug-likeness (QED) is 0.639. The Kier molecular flexibility index (Phi) is 5.01. The van der Waals surface area contributed by atoms with Crippen LogP contribution in [0.5, 0.6) is 5.75 Å². The minimum absolute atomic E-state index is 0.0243. The highest BCUT2D eigenvalue weighted by Crippen LogP contribution is 2.19. The van der Waals surface area contributed by atoms with E-state index in [1.165, 1.54) is 37.4 Å². The number of hydrogen-bond acceptors (Lipinski definition) is 6. The number of carbonyl (C=O) groups excluding carboxylic acids is 1. The molecular formula is C17H15N3O5S. The number of benzene rings is 2. The number of nitrogens with zero attached hydrogens (tertiary/aromatic N) is 1. The van der Waals surface area contributed by atoms with Gasteiger partial charge >= 0.3 is 0 Å². The maximum absolute atomic E-state index is 12.2. The van der Waals surface area contributed by atoms with Gasteiger partial charge in [0.2, 0.25) is 0 Å². The van der Waals surface area contributed by atoms with E-state index in [9.17, 15) is 13.2 Å². The molecule has 8 nitrogen and oxygen atoms in total. The molecule has 0 saturated heterocycles. The lowest BCUT2D eigenvalue weighted by Gasteiger charge is -2.07. The maximum Gasteiger partial charge on any atom is 0.288 e. The van der Waals surface area contributed by atoms with Crippen LogP contribution in [0.15, 0.2) is 70.1 Å². The molecule has 26 heavy (non-hydrogen) atoms. The van der Waals surface area contributed by atoms with Gasteiger partial charge in [0.1, 0.15) is 5.75 Å². The van der Waals surface area contributed by atoms with Crippen LogP contribution in [0.2, 0.25) is 0 Å². The number of methoxy groups -OCH3 is 1. The Morgan fingerprint density at radius 3 is 2.42 bits per heavy atom. The molecule has 2 N–H and O–H groups in total. The molecule has 0 aliphatic rings. The fraction of sp³-hybridized carbons (Fsp3) is 0.0588. The lowest BCUT2D eigenvalue weighted by atomic mass is 10.2. The van der Waals surface area contributed by atoms with Gasteiger partial charge in [-0.25, -0.2) is 8.42 Å². The van der Waals surface area contributed by atoms with Crippen LogP contribution in [-0.4, -0.2) is 26.6 Å². The maximum atomic E-state index is 12.2. The number of amides is 1. The fourth-order valence-electron chi connectivity index (χ4n) is 2.11. The summed E-state index contributed by atoms with van der Waals surface area (Å²) >= 11 is 0. The van der Waals surface area contributed by atoms with Crippen molar-refractivity contribution in [1.29, 1.82) is 0 Å². The Morgan fingerprint density at radius 1 is 1.08 bits per heavy atom. The molecule has 0 spiro atoms. The number of aromatic nitrogens is 1. The van der Waals surface area contributed by atoms with Crippen molar-refractivity contribution in [2.75, 3.05) is 7.11 Å². The molecule has 3 rings (SSSR count). The van der Waals surface area contributed by atoms with E-state index >= 15 is 0 Å². The Morgan fingerprint density at radius 2 is 1.77 bits per heavy atom. The molecule has 0 unspecified atom stereocenters. The average molecular weight is 373 g/mol. The van der Waals surface area contributed by atoms with Crippen molar-refractivity contribution in [3.05, 3.63) is 66.4 Å². The highest BCUT2D eigenvalue weighted by Gasteiger charge is 2.18. The average Bonchev–Trinajstić information content (AvgIpc) is 3.17. The highest BCUT2D eigenvalue weighted by atomic mass is 32.2. The highest BCUT2D eigenvalue weighted by molar-refractivity contribution is 7.89. The molecule has 0 aliphatic carbocycles. The van der Waals surface area contributed by atoms with Gasteiger partial charge in [0.05, 0.1) is 12.0 Å². The normalized spacial score (nSPS) is 11.1.